The summed E-state index contributed by atoms with van der Waals surface area (Å²) in [6.07, 6.45) is 1.05. The molecule has 2 aromatic carbocycles. The molecule has 1 unspecified atom stereocenters. The smallest absolute Gasteiger partial charge is 0.122 e. The lowest BCUT2D eigenvalue weighted by Gasteiger charge is -2.15. The van der Waals surface area contributed by atoms with Crippen LogP contribution in [0.4, 0.5) is 0 Å². The Hall–Kier alpha value is -1.80. The summed E-state index contributed by atoms with van der Waals surface area (Å²) in [4.78, 5) is 0. The fourth-order valence-electron chi connectivity index (χ4n) is 2.14. The van der Waals surface area contributed by atoms with Gasteiger partial charge in [0.25, 0.3) is 0 Å². The van der Waals surface area contributed by atoms with E-state index in [0.29, 0.717) is 6.61 Å². The number of rotatable bonds is 5. The molecule has 0 aliphatic heterocycles. The second kappa shape index (κ2) is 6.58. The Morgan fingerprint density at radius 1 is 1.05 bits per heavy atom. The first-order valence-electron chi connectivity index (χ1n) is 7.14. The molecule has 0 fully saturated rings. The van der Waals surface area contributed by atoms with Crippen LogP contribution in [0.2, 0.25) is 0 Å². The average molecular weight is 269 g/mol. The summed E-state index contributed by atoms with van der Waals surface area (Å²) in [5.74, 6) is 0.922. The Kier molecular flexibility index (Phi) is 4.80. The van der Waals surface area contributed by atoms with Crippen molar-refractivity contribution in [2.24, 2.45) is 5.73 Å². The van der Waals surface area contributed by atoms with E-state index in [-0.39, 0.29) is 6.04 Å². The summed E-state index contributed by atoms with van der Waals surface area (Å²) in [6.45, 7) is 6.76. The second-order valence-corrected chi connectivity index (χ2v) is 5.28. The lowest BCUT2D eigenvalue weighted by molar-refractivity contribution is 0.288. The molecule has 2 nitrogen and oxygen atoms in total. The van der Waals surface area contributed by atoms with Gasteiger partial charge in [0.1, 0.15) is 12.4 Å². The summed E-state index contributed by atoms with van der Waals surface area (Å²) in [5, 5.41) is 0. The molecule has 0 radical (unpaired) electrons. The molecule has 0 aliphatic rings. The van der Waals surface area contributed by atoms with E-state index in [1.54, 1.807) is 0 Å². The molecule has 20 heavy (non-hydrogen) atoms. The van der Waals surface area contributed by atoms with Crippen LogP contribution in [0.1, 0.15) is 35.2 Å². The largest absolute Gasteiger partial charge is 0.491 e. The van der Waals surface area contributed by atoms with Crippen LogP contribution >= 0.6 is 0 Å². The molecule has 2 heteroatoms. The molecule has 0 saturated heterocycles. The Labute approximate surface area is 121 Å². The number of hydrogen-bond acceptors (Lipinski definition) is 2. The van der Waals surface area contributed by atoms with Crippen molar-refractivity contribution in [3.8, 4) is 5.75 Å². The maximum atomic E-state index is 6.20. The van der Waals surface area contributed by atoms with Gasteiger partial charge < -0.3 is 10.5 Å². The highest BCUT2D eigenvalue weighted by Crippen LogP contribution is 2.21. The maximum Gasteiger partial charge on any atom is 0.122 e. The SMILES string of the molecule is CCc1ccc(C(N)COc2cc(C)ccc2C)cc1. The van der Waals surface area contributed by atoms with Gasteiger partial charge in [-0.2, -0.15) is 0 Å². The molecule has 0 aromatic heterocycles. The number of aryl methyl sites for hydroxylation is 3. The molecule has 1 atom stereocenters. The van der Waals surface area contributed by atoms with Crippen molar-refractivity contribution in [3.05, 3.63) is 64.7 Å². The maximum absolute atomic E-state index is 6.20. The first-order chi connectivity index (χ1) is 9.60. The predicted octanol–water partition coefficient (Wildman–Crippen LogP) is 3.94. The molecule has 2 N–H and O–H groups in total. The van der Waals surface area contributed by atoms with Gasteiger partial charge in [-0.15, -0.1) is 0 Å². The molecular formula is C18H23NO. The third kappa shape index (κ3) is 3.61. The van der Waals surface area contributed by atoms with Crippen molar-refractivity contribution in [2.75, 3.05) is 6.61 Å². The lowest BCUT2D eigenvalue weighted by Crippen LogP contribution is -2.19. The predicted molar refractivity (Wildman–Crippen MR) is 84.2 cm³/mol. The first-order valence-corrected chi connectivity index (χ1v) is 7.14. The minimum Gasteiger partial charge on any atom is -0.491 e. The van der Waals surface area contributed by atoms with Gasteiger partial charge in [-0.05, 0) is 48.6 Å². The zero-order chi connectivity index (χ0) is 14.5. The van der Waals surface area contributed by atoms with Gasteiger partial charge >= 0.3 is 0 Å². The van der Waals surface area contributed by atoms with Crippen molar-refractivity contribution in [1.82, 2.24) is 0 Å². The van der Waals surface area contributed by atoms with Crippen LogP contribution in [0, 0.1) is 13.8 Å². The zero-order valence-electron chi connectivity index (χ0n) is 12.5. The van der Waals surface area contributed by atoms with Gasteiger partial charge in [0.15, 0.2) is 0 Å². The zero-order valence-corrected chi connectivity index (χ0v) is 12.5. The van der Waals surface area contributed by atoms with E-state index < -0.39 is 0 Å². The van der Waals surface area contributed by atoms with E-state index in [1.807, 2.05) is 0 Å². The number of benzene rings is 2. The van der Waals surface area contributed by atoms with Crippen LogP contribution in [0.3, 0.4) is 0 Å². The van der Waals surface area contributed by atoms with E-state index >= 15 is 0 Å². The van der Waals surface area contributed by atoms with Crippen LogP contribution in [0.15, 0.2) is 42.5 Å². The molecular weight excluding hydrogens is 246 g/mol. The summed E-state index contributed by atoms with van der Waals surface area (Å²) in [5.41, 5.74) is 11.0. The fraction of sp³-hybridized carbons (Fsp3) is 0.333. The highest BCUT2D eigenvalue weighted by molar-refractivity contribution is 5.36. The second-order valence-electron chi connectivity index (χ2n) is 5.28. The van der Waals surface area contributed by atoms with E-state index in [2.05, 4.69) is 63.2 Å². The first kappa shape index (κ1) is 14.6. The van der Waals surface area contributed by atoms with Crippen LogP contribution in [0.5, 0.6) is 5.75 Å². The fourth-order valence-corrected chi connectivity index (χ4v) is 2.14. The monoisotopic (exact) mass is 269 g/mol. The molecule has 106 valence electrons. The molecule has 0 aliphatic carbocycles. The van der Waals surface area contributed by atoms with Crippen LogP contribution in [-0.4, -0.2) is 6.61 Å². The van der Waals surface area contributed by atoms with E-state index in [4.69, 9.17) is 10.5 Å². The Morgan fingerprint density at radius 2 is 1.75 bits per heavy atom. The summed E-state index contributed by atoms with van der Waals surface area (Å²) in [6, 6.07) is 14.6. The molecule has 0 amide bonds. The molecule has 0 heterocycles. The highest BCUT2D eigenvalue weighted by Gasteiger charge is 2.08. The van der Waals surface area contributed by atoms with Crippen LogP contribution in [-0.2, 0) is 6.42 Å². The molecule has 0 saturated carbocycles. The molecule has 0 spiro atoms. The van der Waals surface area contributed by atoms with Crippen molar-refractivity contribution < 1.29 is 4.74 Å². The Balaban J connectivity index is 2.00. The third-order valence-corrected chi connectivity index (χ3v) is 3.58. The van der Waals surface area contributed by atoms with Crippen molar-refractivity contribution in [3.63, 3.8) is 0 Å². The normalized spacial score (nSPS) is 12.2. The van der Waals surface area contributed by atoms with E-state index in [0.717, 1.165) is 23.3 Å². The van der Waals surface area contributed by atoms with Gasteiger partial charge in [-0.3, -0.25) is 0 Å². The van der Waals surface area contributed by atoms with Crippen LogP contribution in [0.25, 0.3) is 0 Å². The number of hydrogen-bond donors (Lipinski definition) is 1. The topological polar surface area (TPSA) is 35.2 Å². The third-order valence-electron chi connectivity index (χ3n) is 3.58. The van der Waals surface area contributed by atoms with Gasteiger partial charge in [-0.1, -0.05) is 43.3 Å². The summed E-state index contributed by atoms with van der Waals surface area (Å²) >= 11 is 0. The summed E-state index contributed by atoms with van der Waals surface area (Å²) in [7, 11) is 0. The van der Waals surface area contributed by atoms with Gasteiger partial charge in [0.05, 0.1) is 6.04 Å². The van der Waals surface area contributed by atoms with Gasteiger partial charge in [-0.25, -0.2) is 0 Å². The van der Waals surface area contributed by atoms with Gasteiger partial charge in [0.2, 0.25) is 0 Å². The highest BCUT2D eigenvalue weighted by atomic mass is 16.5. The summed E-state index contributed by atoms with van der Waals surface area (Å²) < 4.78 is 5.87. The Bertz CT molecular complexity index is 560. The quantitative estimate of drug-likeness (QED) is 0.892. The molecule has 0 bridgehead atoms. The van der Waals surface area contributed by atoms with Crippen molar-refractivity contribution in [2.45, 2.75) is 33.2 Å². The van der Waals surface area contributed by atoms with Gasteiger partial charge in [0, 0.05) is 0 Å². The van der Waals surface area contributed by atoms with Crippen LogP contribution < -0.4 is 10.5 Å². The van der Waals surface area contributed by atoms with Crippen molar-refractivity contribution >= 4 is 0 Å². The average Bonchev–Trinajstić information content (AvgIpc) is 2.48. The van der Waals surface area contributed by atoms with E-state index in [1.165, 1.54) is 11.1 Å². The number of nitrogens with two attached hydrogens (primary N) is 1. The lowest BCUT2D eigenvalue weighted by atomic mass is 10.0. The van der Waals surface area contributed by atoms with Crippen molar-refractivity contribution in [1.29, 1.82) is 0 Å². The standard InChI is InChI=1S/C18H23NO/c1-4-15-7-9-16(10-8-15)17(19)12-20-18-11-13(2)5-6-14(18)3/h5-11,17H,4,12,19H2,1-3H3. The Morgan fingerprint density at radius 3 is 2.40 bits per heavy atom. The minimum atomic E-state index is -0.0965. The number of ether oxygens (including phenoxy) is 1. The van der Waals surface area contributed by atoms with E-state index in [9.17, 15) is 0 Å². The molecule has 2 rings (SSSR count). The minimum absolute atomic E-state index is 0.0965. The molecule has 2 aromatic rings.